The number of hydrogen-bond donors (Lipinski definition) is 1. The number of nitrogens with one attached hydrogen (secondary N) is 1. The van der Waals surface area contributed by atoms with E-state index in [-0.39, 0.29) is 11.3 Å². The maximum absolute atomic E-state index is 13.2. The van der Waals surface area contributed by atoms with Crippen LogP contribution >= 0.6 is 11.8 Å². The predicted octanol–water partition coefficient (Wildman–Crippen LogP) is 3.78. The molecule has 1 aromatic heterocycles. The number of tetrazole rings is 1. The molecule has 0 bridgehead atoms. The van der Waals surface area contributed by atoms with Gasteiger partial charge in [-0.1, -0.05) is 24.8 Å². The summed E-state index contributed by atoms with van der Waals surface area (Å²) in [5.74, 6) is 0.225. The van der Waals surface area contributed by atoms with Crippen molar-refractivity contribution in [2.24, 2.45) is 5.92 Å². The first-order valence-corrected chi connectivity index (χ1v) is 11.5. The van der Waals surface area contributed by atoms with Crippen LogP contribution < -0.4 is 10.2 Å². The maximum atomic E-state index is 13.2. The van der Waals surface area contributed by atoms with Crippen molar-refractivity contribution in [3.05, 3.63) is 58.1 Å². The van der Waals surface area contributed by atoms with E-state index in [1.54, 1.807) is 28.9 Å². The van der Waals surface area contributed by atoms with Crippen LogP contribution in [0.3, 0.4) is 0 Å². The lowest BCUT2D eigenvalue weighted by molar-refractivity contribution is -0.384. The Morgan fingerprint density at radius 3 is 2.72 bits per heavy atom. The van der Waals surface area contributed by atoms with Gasteiger partial charge in [0, 0.05) is 30.9 Å². The zero-order valence-electron chi connectivity index (χ0n) is 17.8. The highest BCUT2D eigenvalue weighted by molar-refractivity contribution is 7.98. The molecular formula is C21H23N7O3S. The second-order valence-corrected chi connectivity index (χ2v) is 8.48. The number of carbonyl (C=O) groups excluding carboxylic acids is 1. The molecule has 3 aromatic rings. The monoisotopic (exact) mass is 453 g/mol. The SMILES string of the molecule is CSc1nnnn1-c1cccc(NC(=O)c2cc([N+](=O)[O-])ccc2N2CCC(C)CC2)c1. The number of anilines is 2. The molecule has 32 heavy (non-hydrogen) atoms. The van der Waals surface area contributed by atoms with Gasteiger partial charge in [0.15, 0.2) is 0 Å². The first kappa shape index (κ1) is 21.8. The van der Waals surface area contributed by atoms with Gasteiger partial charge < -0.3 is 10.2 Å². The number of piperidine rings is 1. The van der Waals surface area contributed by atoms with Gasteiger partial charge in [0.25, 0.3) is 11.6 Å². The lowest BCUT2D eigenvalue weighted by atomic mass is 9.98. The van der Waals surface area contributed by atoms with Crippen molar-refractivity contribution in [1.82, 2.24) is 20.2 Å². The normalized spacial score (nSPS) is 14.4. The molecular weight excluding hydrogens is 430 g/mol. The van der Waals surface area contributed by atoms with E-state index in [0.717, 1.165) is 25.9 Å². The molecule has 2 aromatic carbocycles. The number of benzene rings is 2. The molecule has 0 saturated carbocycles. The minimum atomic E-state index is -0.485. The first-order valence-electron chi connectivity index (χ1n) is 10.2. The second kappa shape index (κ2) is 9.35. The Balaban J connectivity index is 1.63. The molecule has 10 nitrogen and oxygen atoms in total. The Bertz CT molecular complexity index is 1140. The van der Waals surface area contributed by atoms with E-state index in [1.165, 1.54) is 23.9 Å². The molecule has 0 radical (unpaired) electrons. The zero-order valence-corrected chi connectivity index (χ0v) is 18.6. The summed E-state index contributed by atoms with van der Waals surface area (Å²) >= 11 is 1.41. The number of carbonyl (C=O) groups is 1. The largest absolute Gasteiger partial charge is 0.371 e. The van der Waals surface area contributed by atoms with Gasteiger partial charge in [0.2, 0.25) is 5.16 Å². The van der Waals surface area contributed by atoms with Gasteiger partial charge in [-0.2, -0.15) is 4.68 Å². The minimum Gasteiger partial charge on any atom is -0.371 e. The number of non-ortho nitro benzene ring substituents is 1. The lowest BCUT2D eigenvalue weighted by Crippen LogP contribution is -2.34. The molecule has 1 amide bonds. The quantitative estimate of drug-likeness (QED) is 0.340. The van der Waals surface area contributed by atoms with Crippen LogP contribution in [0.1, 0.15) is 30.1 Å². The third kappa shape index (κ3) is 4.57. The fraction of sp³-hybridized carbons (Fsp3) is 0.333. The minimum absolute atomic E-state index is 0.115. The highest BCUT2D eigenvalue weighted by atomic mass is 32.2. The van der Waals surface area contributed by atoms with E-state index in [4.69, 9.17) is 0 Å². The summed E-state index contributed by atoms with van der Waals surface area (Å²) in [6, 6.07) is 11.6. The summed E-state index contributed by atoms with van der Waals surface area (Å²) in [5, 5.41) is 26.5. The van der Waals surface area contributed by atoms with Crippen molar-refractivity contribution in [3.8, 4) is 5.69 Å². The fourth-order valence-electron chi connectivity index (χ4n) is 3.73. The van der Waals surface area contributed by atoms with Crippen LogP contribution in [0.5, 0.6) is 0 Å². The molecule has 1 saturated heterocycles. The molecule has 0 atom stereocenters. The van der Waals surface area contributed by atoms with Crippen molar-refractivity contribution in [3.63, 3.8) is 0 Å². The number of thioether (sulfide) groups is 1. The Morgan fingerprint density at radius 1 is 1.22 bits per heavy atom. The van der Waals surface area contributed by atoms with Gasteiger partial charge >= 0.3 is 0 Å². The average molecular weight is 454 g/mol. The van der Waals surface area contributed by atoms with E-state index in [1.807, 2.05) is 12.3 Å². The zero-order chi connectivity index (χ0) is 22.7. The predicted molar refractivity (Wildman–Crippen MR) is 123 cm³/mol. The smallest absolute Gasteiger partial charge is 0.270 e. The van der Waals surface area contributed by atoms with Crippen LogP contribution in [0.15, 0.2) is 47.6 Å². The molecule has 1 aliphatic heterocycles. The molecule has 1 N–H and O–H groups in total. The van der Waals surface area contributed by atoms with Crippen LogP contribution in [0, 0.1) is 16.0 Å². The summed E-state index contributed by atoms with van der Waals surface area (Å²) in [4.78, 5) is 26.2. The van der Waals surface area contributed by atoms with Crippen LogP contribution in [0.4, 0.5) is 17.1 Å². The van der Waals surface area contributed by atoms with Crippen LogP contribution in [-0.2, 0) is 0 Å². The van der Waals surface area contributed by atoms with Crippen LogP contribution in [0.2, 0.25) is 0 Å². The van der Waals surface area contributed by atoms with Gasteiger partial charge in [-0.05, 0) is 59.7 Å². The molecule has 11 heteroatoms. The van der Waals surface area contributed by atoms with Crippen LogP contribution in [0.25, 0.3) is 5.69 Å². The Kier molecular flexibility index (Phi) is 6.35. The van der Waals surface area contributed by atoms with Gasteiger partial charge in [-0.3, -0.25) is 14.9 Å². The fourth-order valence-corrected chi connectivity index (χ4v) is 4.16. The van der Waals surface area contributed by atoms with E-state index in [9.17, 15) is 14.9 Å². The first-order chi connectivity index (χ1) is 15.5. The van der Waals surface area contributed by atoms with E-state index < -0.39 is 10.8 Å². The third-order valence-electron chi connectivity index (χ3n) is 5.53. The highest BCUT2D eigenvalue weighted by Crippen LogP contribution is 2.30. The molecule has 1 aliphatic rings. The number of rotatable bonds is 6. The van der Waals surface area contributed by atoms with Crippen molar-refractivity contribution >= 4 is 34.7 Å². The van der Waals surface area contributed by atoms with Crippen molar-refractivity contribution in [2.45, 2.75) is 24.9 Å². The van der Waals surface area contributed by atoms with Gasteiger partial charge in [-0.15, -0.1) is 5.10 Å². The molecule has 166 valence electrons. The average Bonchev–Trinajstić information content (AvgIpc) is 3.28. The topological polar surface area (TPSA) is 119 Å². The van der Waals surface area contributed by atoms with Gasteiger partial charge in [0.1, 0.15) is 0 Å². The summed E-state index contributed by atoms with van der Waals surface area (Å²) in [6.07, 6.45) is 3.91. The number of nitro benzene ring substituents is 1. The number of hydrogen-bond acceptors (Lipinski definition) is 8. The standard InChI is InChI=1S/C21H23N7O3S/c1-14-8-10-26(11-9-14)19-7-6-17(28(30)31)13-18(19)20(29)22-15-4-3-5-16(12-15)27-21(32-2)23-24-25-27/h3-7,12-14H,8-11H2,1-2H3,(H,22,29). The molecule has 2 heterocycles. The summed E-state index contributed by atoms with van der Waals surface area (Å²) < 4.78 is 1.58. The Hall–Kier alpha value is -3.47. The lowest BCUT2D eigenvalue weighted by Gasteiger charge is -2.33. The summed E-state index contributed by atoms with van der Waals surface area (Å²) in [7, 11) is 0. The number of amides is 1. The second-order valence-electron chi connectivity index (χ2n) is 7.71. The maximum Gasteiger partial charge on any atom is 0.270 e. The Labute approximate surface area is 189 Å². The summed E-state index contributed by atoms with van der Waals surface area (Å²) in [5.41, 5.74) is 2.12. The molecule has 0 spiro atoms. The van der Waals surface area contributed by atoms with E-state index >= 15 is 0 Å². The van der Waals surface area contributed by atoms with Crippen molar-refractivity contribution in [1.29, 1.82) is 0 Å². The molecule has 0 unspecified atom stereocenters. The molecule has 0 aliphatic carbocycles. The highest BCUT2D eigenvalue weighted by Gasteiger charge is 2.24. The van der Waals surface area contributed by atoms with E-state index in [0.29, 0.717) is 28.1 Å². The van der Waals surface area contributed by atoms with Gasteiger partial charge in [-0.25, -0.2) is 0 Å². The Morgan fingerprint density at radius 2 is 2.00 bits per heavy atom. The molecule has 1 fully saturated rings. The van der Waals surface area contributed by atoms with Gasteiger partial charge in [0.05, 0.1) is 21.9 Å². The number of aromatic nitrogens is 4. The molecule has 4 rings (SSSR count). The van der Waals surface area contributed by atoms with E-state index in [2.05, 4.69) is 32.7 Å². The number of nitro groups is 1. The van der Waals surface area contributed by atoms with Crippen LogP contribution in [-0.4, -0.2) is 50.4 Å². The summed E-state index contributed by atoms with van der Waals surface area (Å²) in [6.45, 7) is 3.83. The van der Waals surface area contributed by atoms with Crippen molar-refractivity contribution in [2.75, 3.05) is 29.6 Å². The van der Waals surface area contributed by atoms with Crippen molar-refractivity contribution < 1.29 is 9.72 Å². The third-order valence-corrected chi connectivity index (χ3v) is 6.15. The number of nitrogens with zero attached hydrogens (tertiary/aromatic N) is 6.